The van der Waals surface area contributed by atoms with E-state index in [1.165, 1.54) is 0 Å². The lowest BCUT2D eigenvalue weighted by Crippen LogP contribution is -2.35. The van der Waals surface area contributed by atoms with Gasteiger partial charge in [0.25, 0.3) is 0 Å². The molecule has 1 rings (SSSR count). The molecule has 0 radical (unpaired) electrons. The van der Waals surface area contributed by atoms with E-state index in [0.717, 1.165) is 0 Å². The molecule has 2 heteroatoms. The zero-order chi connectivity index (χ0) is 13.9. The van der Waals surface area contributed by atoms with E-state index in [0.29, 0.717) is 0 Å². The van der Waals surface area contributed by atoms with E-state index < -0.39 is 44.1 Å². The molecule has 0 unspecified atom stereocenters. The molecule has 0 heterocycles. The van der Waals surface area contributed by atoms with Crippen LogP contribution in [0.15, 0.2) is 0 Å². The van der Waals surface area contributed by atoms with E-state index >= 15 is 0 Å². The van der Waals surface area contributed by atoms with Crippen molar-refractivity contribution >= 4 is 0 Å². The molecule has 1 fully saturated rings. The highest BCUT2D eigenvalue weighted by Gasteiger charge is 2.22. The normalized spacial score (nSPS) is 78.9. The molecule has 3 atom stereocenters. The largest absolute Gasteiger partial charge is 0.393 e. The summed E-state index contributed by atoms with van der Waals surface area (Å²) < 4.78 is 59.3. The second-order valence-electron chi connectivity index (χ2n) is 1.98. The summed E-state index contributed by atoms with van der Waals surface area (Å²) in [6.07, 6.45) is -8.76. The number of hydrogen-bond donors (Lipinski definition) is 2. The van der Waals surface area contributed by atoms with Crippen molar-refractivity contribution in [3.8, 4) is 0 Å². The molecule has 0 spiro atoms. The third-order valence-electron chi connectivity index (χ3n) is 1.15. The van der Waals surface area contributed by atoms with Crippen LogP contribution in [0.2, 0.25) is 0 Å². The summed E-state index contributed by atoms with van der Waals surface area (Å²) in [6, 6.07) is -1.43. The average molecular weight is 137 g/mol. The van der Waals surface area contributed by atoms with Gasteiger partial charge in [-0.05, 0) is 25.1 Å². The smallest absolute Gasteiger partial charge is 0.0604 e. The Kier molecular flexibility index (Phi) is 0.580. The topological polar surface area (TPSA) is 46.2 Å². The molecule has 0 saturated heterocycles. The van der Waals surface area contributed by atoms with Crippen LogP contribution in [-0.4, -0.2) is 17.2 Å². The molecule has 1 saturated carbocycles. The van der Waals surface area contributed by atoms with Gasteiger partial charge in [-0.15, -0.1) is 0 Å². The molecule has 1 aliphatic carbocycles. The van der Waals surface area contributed by atoms with Crippen LogP contribution in [0.5, 0.6) is 0 Å². The monoisotopic (exact) mass is 137 g/mol. The van der Waals surface area contributed by atoms with E-state index in [2.05, 4.69) is 0 Å². The first-order chi connectivity index (χ1) is 7.24. The quantitative estimate of drug-likeness (QED) is 0.510. The number of nitrogens with two attached hydrogens (primary N) is 1. The van der Waals surface area contributed by atoms with Gasteiger partial charge in [-0.3, -0.25) is 0 Å². The van der Waals surface area contributed by atoms with Gasteiger partial charge >= 0.3 is 0 Å². The summed E-state index contributed by atoms with van der Waals surface area (Å²) in [4.78, 5) is 0. The Labute approximate surface area is 67.3 Å². The highest BCUT2D eigenvalue weighted by Crippen LogP contribution is 2.22. The van der Waals surface area contributed by atoms with Crippen LogP contribution < -0.4 is 5.73 Å². The van der Waals surface area contributed by atoms with E-state index in [4.69, 9.17) is 16.7 Å². The van der Waals surface area contributed by atoms with Gasteiger partial charge in [0.2, 0.25) is 0 Å². The van der Waals surface area contributed by atoms with Gasteiger partial charge in [-0.2, -0.15) is 0 Å². The lowest BCUT2D eigenvalue weighted by atomic mass is 9.85. The Hall–Kier alpha value is -0.0800. The van der Waals surface area contributed by atoms with Crippen LogP contribution in [0.25, 0.3) is 0 Å². The zero-order valence-corrected chi connectivity index (χ0v) is 4.89. The summed E-state index contributed by atoms with van der Waals surface area (Å²) >= 11 is 0. The first kappa shape index (κ1) is 1.95. The van der Waals surface area contributed by atoms with E-state index in [9.17, 15) is 5.11 Å². The van der Waals surface area contributed by atoms with Gasteiger partial charge in [0, 0.05) is 15.6 Å². The third kappa shape index (κ3) is 1.66. The van der Waals surface area contributed by atoms with E-state index in [1.54, 1.807) is 0 Å². The highest BCUT2D eigenvalue weighted by molar-refractivity contribution is 4.78. The van der Waals surface area contributed by atoms with Crippen molar-refractivity contribution < 1.29 is 16.1 Å². The molecule has 0 aliphatic heterocycles. The van der Waals surface area contributed by atoms with Gasteiger partial charge in [0.05, 0.1) is 7.45 Å². The maximum absolute atomic E-state index is 9.82. The van der Waals surface area contributed by atoms with Crippen LogP contribution in [0.3, 0.4) is 0 Å². The second-order valence-corrected chi connectivity index (χ2v) is 1.98. The lowest BCUT2D eigenvalue weighted by Gasteiger charge is -2.28. The Morgan fingerprint density at radius 1 is 2.00 bits per heavy atom. The Bertz CT molecular complexity index is 311. The predicted octanol–water partition coefficient (Wildman–Crippen LogP) is 0.495. The molecule has 0 aromatic rings. The van der Waals surface area contributed by atoms with Crippen LogP contribution in [0, 0.1) is 5.92 Å². The highest BCUT2D eigenvalue weighted by atomic mass is 16.3. The van der Waals surface area contributed by atoms with Gasteiger partial charge in [0.1, 0.15) is 0 Å². The fourth-order valence-electron chi connectivity index (χ4n) is 0.666. The Morgan fingerprint density at radius 2 is 2.78 bits per heavy atom. The van der Waals surface area contributed by atoms with Crippen molar-refractivity contribution in [1.29, 1.82) is 0 Å². The van der Waals surface area contributed by atoms with Gasteiger partial charge in [-0.1, -0.05) is 6.85 Å². The van der Waals surface area contributed by atoms with Gasteiger partial charge in [0.15, 0.2) is 0 Å². The van der Waals surface area contributed by atoms with Crippen molar-refractivity contribution in [2.24, 2.45) is 11.7 Å². The maximum atomic E-state index is 9.82. The molecule has 0 aromatic carbocycles. The molecular formula is C7H15NO. The Balaban J connectivity index is 3.34. The minimum absolute atomic E-state index is 0.551. The average Bonchev–Trinajstić information content (AvgIpc) is 1.95. The van der Waals surface area contributed by atoms with E-state index in [1.807, 2.05) is 0 Å². The predicted molar refractivity (Wildman–Crippen MR) is 37.0 cm³/mol. The van der Waals surface area contributed by atoms with Crippen LogP contribution in [-0.2, 0) is 0 Å². The SMILES string of the molecule is [2H]C([2H])([2H])[C@@H]1C([2H])([2H])C[C@@H](N)C([2H])([2H])[C@@]1([2H])O. The number of aliphatic hydroxyl groups is 1. The molecule has 0 bridgehead atoms. The maximum Gasteiger partial charge on any atom is 0.0604 e. The lowest BCUT2D eigenvalue weighted by molar-refractivity contribution is 0.0708. The number of rotatable bonds is 0. The van der Waals surface area contributed by atoms with Crippen LogP contribution in [0.4, 0.5) is 0 Å². The molecule has 9 heavy (non-hydrogen) atoms. The first-order valence-electron chi connectivity index (χ1n) is 6.72. The summed E-state index contributed by atoms with van der Waals surface area (Å²) in [5, 5.41) is 9.82. The third-order valence-corrected chi connectivity index (χ3v) is 1.15. The minimum Gasteiger partial charge on any atom is -0.393 e. The number of hydrogen-bond acceptors (Lipinski definition) is 2. The fraction of sp³-hybridized carbons (Fsp3) is 1.00. The Morgan fingerprint density at radius 3 is 3.44 bits per heavy atom. The summed E-state index contributed by atoms with van der Waals surface area (Å²) in [5.74, 6) is -2.14. The molecule has 3 N–H and O–H groups in total. The first-order valence-corrected chi connectivity index (χ1v) is 2.72. The summed E-state index contributed by atoms with van der Waals surface area (Å²) in [5.41, 5.74) is 5.39. The molecule has 2 nitrogen and oxygen atoms in total. The van der Waals surface area contributed by atoms with Crippen molar-refractivity contribution in [1.82, 2.24) is 0 Å². The van der Waals surface area contributed by atoms with Crippen molar-refractivity contribution in [3.63, 3.8) is 0 Å². The zero-order valence-electron chi connectivity index (χ0n) is 12.9. The molecule has 54 valence electrons. The molecule has 0 amide bonds. The van der Waals surface area contributed by atoms with Crippen LogP contribution >= 0.6 is 0 Å². The fourth-order valence-corrected chi connectivity index (χ4v) is 0.666. The summed E-state index contributed by atoms with van der Waals surface area (Å²) in [6.45, 7) is -2.98. The van der Waals surface area contributed by atoms with Gasteiger partial charge < -0.3 is 10.8 Å². The standard InChI is InChI=1S/C7H15NO/c1-5-2-3-6(8)4-7(5)9/h5-7,9H,2-4,8H2,1H3/t5-,6-,7-/m1/s1/i1D3,2D2,4D2,7D. The van der Waals surface area contributed by atoms with Gasteiger partial charge in [-0.25, -0.2) is 0 Å². The summed E-state index contributed by atoms with van der Waals surface area (Å²) in [7, 11) is 0. The van der Waals surface area contributed by atoms with Crippen molar-refractivity contribution in [2.75, 3.05) is 0 Å². The van der Waals surface area contributed by atoms with Crippen molar-refractivity contribution in [3.05, 3.63) is 0 Å². The van der Waals surface area contributed by atoms with Crippen LogP contribution in [0.1, 0.15) is 37.0 Å². The molecule has 1 aliphatic rings. The van der Waals surface area contributed by atoms with Crippen molar-refractivity contribution in [2.45, 2.75) is 38.1 Å². The van der Waals surface area contributed by atoms with E-state index in [-0.39, 0.29) is 0 Å². The second kappa shape index (κ2) is 2.67. The molecular weight excluding hydrogens is 114 g/mol. The minimum atomic E-state index is -3.10. The molecule has 0 aromatic heterocycles.